The number of carbonyl (C=O) groups is 2. The molecule has 0 aliphatic heterocycles. The Hall–Kier alpha value is -0.900. The standard InChI is InChI=1S/C13H25NO3/c1-14(2)12(11-15)9-7-5-3-4-6-8-10-13(16)17/h11-12H,3-10H2,1-2H3,(H,16,17). The Balaban J connectivity index is 3.28. The lowest BCUT2D eigenvalue weighted by Gasteiger charge is -2.17. The van der Waals surface area contributed by atoms with Crippen molar-refractivity contribution in [2.75, 3.05) is 14.1 Å². The highest BCUT2D eigenvalue weighted by molar-refractivity contribution is 5.66. The van der Waals surface area contributed by atoms with Crippen molar-refractivity contribution < 1.29 is 14.7 Å². The first-order valence-corrected chi connectivity index (χ1v) is 6.41. The monoisotopic (exact) mass is 243 g/mol. The smallest absolute Gasteiger partial charge is 0.303 e. The van der Waals surface area contributed by atoms with Gasteiger partial charge in [-0.05, 0) is 26.9 Å². The summed E-state index contributed by atoms with van der Waals surface area (Å²) in [6.45, 7) is 0. The average Bonchev–Trinajstić information content (AvgIpc) is 2.26. The number of likely N-dealkylation sites (N-methyl/N-ethyl adjacent to an activating group) is 1. The van der Waals surface area contributed by atoms with Crippen LogP contribution in [0.25, 0.3) is 0 Å². The number of aldehydes is 1. The molecular weight excluding hydrogens is 218 g/mol. The van der Waals surface area contributed by atoms with Crippen LogP contribution in [0.2, 0.25) is 0 Å². The van der Waals surface area contributed by atoms with Crippen molar-refractivity contribution in [1.29, 1.82) is 0 Å². The van der Waals surface area contributed by atoms with E-state index in [1.165, 1.54) is 0 Å². The quantitative estimate of drug-likeness (QED) is 0.447. The van der Waals surface area contributed by atoms with E-state index >= 15 is 0 Å². The van der Waals surface area contributed by atoms with E-state index in [2.05, 4.69) is 0 Å². The Bertz CT molecular complexity index is 217. The third kappa shape index (κ3) is 10.00. The summed E-state index contributed by atoms with van der Waals surface area (Å²) in [4.78, 5) is 22.9. The summed E-state index contributed by atoms with van der Waals surface area (Å²) in [5.74, 6) is -0.704. The predicted octanol–water partition coefficient (Wildman–Crippen LogP) is 2.32. The first-order valence-electron chi connectivity index (χ1n) is 6.41. The Morgan fingerprint density at radius 3 is 2.12 bits per heavy atom. The summed E-state index contributed by atoms with van der Waals surface area (Å²) in [6.07, 6.45) is 8.43. The number of aliphatic carboxylic acids is 1. The van der Waals surface area contributed by atoms with Gasteiger partial charge < -0.3 is 14.8 Å². The fourth-order valence-corrected chi connectivity index (χ4v) is 1.78. The zero-order valence-corrected chi connectivity index (χ0v) is 11.0. The maximum absolute atomic E-state index is 10.7. The summed E-state index contributed by atoms with van der Waals surface area (Å²) in [5, 5.41) is 8.46. The molecule has 17 heavy (non-hydrogen) atoms. The summed E-state index contributed by atoms with van der Waals surface area (Å²) >= 11 is 0. The van der Waals surface area contributed by atoms with Crippen LogP contribution >= 0.6 is 0 Å². The molecular formula is C13H25NO3. The molecule has 0 rings (SSSR count). The van der Waals surface area contributed by atoms with Crippen molar-refractivity contribution in [3.63, 3.8) is 0 Å². The van der Waals surface area contributed by atoms with Crippen molar-refractivity contribution >= 4 is 12.3 Å². The second-order valence-electron chi connectivity index (χ2n) is 4.72. The minimum absolute atomic E-state index is 0.0435. The second kappa shape index (κ2) is 10.3. The van der Waals surface area contributed by atoms with Crippen molar-refractivity contribution in [3.05, 3.63) is 0 Å². The Kier molecular flexibility index (Phi) is 9.72. The number of hydrogen-bond acceptors (Lipinski definition) is 3. The van der Waals surface area contributed by atoms with Crippen LogP contribution < -0.4 is 0 Å². The van der Waals surface area contributed by atoms with Crippen molar-refractivity contribution in [2.45, 2.75) is 57.4 Å². The van der Waals surface area contributed by atoms with Gasteiger partial charge in [-0.15, -0.1) is 0 Å². The molecule has 4 nitrogen and oxygen atoms in total. The Labute approximate surface area is 104 Å². The average molecular weight is 243 g/mol. The predicted molar refractivity (Wildman–Crippen MR) is 68.1 cm³/mol. The molecule has 0 aromatic carbocycles. The molecule has 1 atom stereocenters. The van der Waals surface area contributed by atoms with E-state index in [0.717, 1.165) is 51.2 Å². The number of nitrogens with zero attached hydrogens (tertiary/aromatic N) is 1. The number of rotatable bonds is 11. The van der Waals surface area contributed by atoms with Gasteiger partial charge in [-0.3, -0.25) is 4.79 Å². The summed E-state index contributed by atoms with van der Waals surface area (Å²) in [7, 11) is 3.84. The van der Waals surface area contributed by atoms with Gasteiger partial charge in [-0.25, -0.2) is 0 Å². The van der Waals surface area contributed by atoms with E-state index < -0.39 is 5.97 Å². The van der Waals surface area contributed by atoms with E-state index in [1.807, 2.05) is 19.0 Å². The maximum Gasteiger partial charge on any atom is 0.303 e. The van der Waals surface area contributed by atoms with Crippen LogP contribution in [0, 0.1) is 0 Å². The molecule has 0 saturated heterocycles. The number of unbranched alkanes of at least 4 members (excludes halogenated alkanes) is 5. The minimum atomic E-state index is -0.704. The molecule has 0 aromatic heterocycles. The molecule has 0 heterocycles. The molecule has 0 bridgehead atoms. The van der Waals surface area contributed by atoms with E-state index in [-0.39, 0.29) is 12.5 Å². The van der Waals surface area contributed by atoms with Gasteiger partial charge in [0.05, 0.1) is 6.04 Å². The van der Waals surface area contributed by atoms with Gasteiger partial charge in [0.2, 0.25) is 0 Å². The van der Waals surface area contributed by atoms with Crippen LogP contribution in [-0.4, -0.2) is 42.4 Å². The second-order valence-corrected chi connectivity index (χ2v) is 4.72. The number of hydrogen-bond donors (Lipinski definition) is 1. The van der Waals surface area contributed by atoms with Crippen molar-refractivity contribution in [2.24, 2.45) is 0 Å². The van der Waals surface area contributed by atoms with E-state index in [4.69, 9.17) is 5.11 Å². The third-order valence-corrected chi connectivity index (χ3v) is 2.96. The SMILES string of the molecule is CN(C)C(C=O)CCCCCCCCC(=O)O. The fraction of sp³-hybridized carbons (Fsp3) is 0.846. The normalized spacial score (nSPS) is 12.6. The molecule has 0 radical (unpaired) electrons. The van der Waals surface area contributed by atoms with Gasteiger partial charge in [0.1, 0.15) is 6.29 Å². The molecule has 0 aromatic rings. The highest BCUT2D eigenvalue weighted by Crippen LogP contribution is 2.10. The van der Waals surface area contributed by atoms with Crippen LogP contribution in [0.3, 0.4) is 0 Å². The van der Waals surface area contributed by atoms with Gasteiger partial charge in [0, 0.05) is 6.42 Å². The fourth-order valence-electron chi connectivity index (χ4n) is 1.78. The highest BCUT2D eigenvalue weighted by atomic mass is 16.4. The molecule has 0 saturated carbocycles. The zero-order valence-electron chi connectivity index (χ0n) is 11.0. The first kappa shape index (κ1) is 16.1. The maximum atomic E-state index is 10.7. The minimum Gasteiger partial charge on any atom is -0.481 e. The van der Waals surface area contributed by atoms with Crippen molar-refractivity contribution in [3.8, 4) is 0 Å². The van der Waals surface area contributed by atoms with Gasteiger partial charge in [0.15, 0.2) is 0 Å². The van der Waals surface area contributed by atoms with Gasteiger partial charge in [-0.1, -0.05) is 32.1 Å². The highest BCUT2D eigenvalue weighted by Gasteiger charge is 2.08. The topological polar surface area (TPSA) is 57.6 Å². The van der Waals surface area contributed by atoms with Gasteiger partial charge >= 0.3 is 5.97 Å². The first-order chi connectivity index (χ1) is 8.07. The summed E-state index contributed by atoms with van der Waals surface area (Å²) in [6, 6.07) is 0.0435. The molecule has 0 spiro atoms. The van der Waals surface area contributed by atoms with E-state index in [9.17, 15) is 9.59 Å². The molecule has 1 N–H and O–H groups in total. The lowest BCUT2D eigenvalue weighted by atomic mass is 10.1. The van der Waals surface area contributed by atoms with Crippen molar-refractivity contribution in [1.82, 2.24) is 4.90 Å². The van der Waals surface area contributed by atoms with Gasteiger partial charge in [0.25, 0.3) is 0 Å². The molecule has 1 unspecified atom stereocenters. The third-order valence-electron chi connectivity index (χ3n) is 2.96. The van der Waals surface area contributed by atoms with E-state index in [1.54, 1.807) is 0 Å². The lowest BCUT2D eigenvalue weighted by molar-refractivity contribution is -0.137. The molecule has 4 heteroatoms. The van der Waals surface area contributed by atoms with Crippen LogP contribution in [0.15, 0.2) is 0 Å². The molecule has 0 amide bonds. The Morgan fingerprint density at radius 2 is 1.65 bits per heavy atom. The molecule has 0 aliphatic carbocycles. The largest absolute Gasteiger partial charge is 0.481 e. The summed E-state index contributed by atoms with van der Waals surface area (Å²) < 4.78 is 0. The van der Waals surface area contributed by atoms with Crippen LogP contribution in [0.4, 0.5) is 0 Å². The number of carbonyl (C=O) groups excluding carboxylic acids is 1. The van der Waals surface area contributed by atoms with Crippen LogP contribution in [0.1, 0.15) is 51.4 Å². The number of carboxylic acid groups (broad SMARTS) is 1. The van der Waals surface area contributed by atoms with Gasteiger partial charge in [-0.2, -0.15) is 0 Å². The zero-order chi connectivity index (χ0) is 13.1. The lowest BCUT2D eigenvalue weighted by Crippen LogP contribution is -2.29. The Morgan fingerprint density at radius 1 is 1.12 bits per heavy atom. The molecule has 0 fully saturated rings. The van der Waals surface area contributed by atoms with E-state index in [0.29, 0.717) is 0 Å². The molecule has 100 valence electrons. The van der Waals surface area contributed by atoms with Crippen LogP contribution in [0.5, 0.6) is 0 Å². The molecule has 0 aliphatic rings. The summed E-state index contributed by atoms with van der Waals surface area (Å²) in [5.41, 5.74) is 0. The van der Waals surface area contributed by atoms with Crippen LogP contribution in [-0.2, 0) is 9.59 Å². The number of carboxylic acids is 1.